The number of sulfone groups is 1. The highest BCUT2D eigenvalue weighted by atomic mass is 32.2. The number of benzene rings is 2. The minimum absolute atomic E-state index is 0.00487. The van der Waals surface area contributed by atoms with Crippen LogP contribution in [0.1, 0.15) is 25.0 Å². The number of nitrogens with one attached hydrogen (secondary N) is 1. The van der Waals surface area contributed by atoms with Crippen LogP contribution in [0.25, 0.3) is 16.6 Å². The van der Waals surface area contributed by atoms with Crippen LogP contribution in [0, 0.1) is 13.8 Å². The zero-order chi connectivity index (χ0) is 24.4. The summed E-state index contributed by atoms with van der Waals surface area (Å²) in [5, 5.41) is 7.02. The third-order valence-corrected chi connectivity index (χ3v) is 8.73. The number of H-pyrrole nitrogens is 1. The van der Waals surface area contributed by atoms with Crippen molar-refractivity contribution in [2.24, 2.45) is 0 Å². The van der Waals surface area contributed by atoms with Gasteiger partial charge >= 0.3 is 0 Å². The molecule has 0 bridgehead atoms. The first kappa shape index (κ1) is 22.5. The second-order valence-corrected chi connectivity index (χ2v) is 11.2. The number of hydrogen-bond donors (Lipinski definition) is 1. The first-order chi connectivity index (χ1) is 16.1. The van der Waals surface area contributed by atoms with Gasteiger partial charge in [0, 0.05) is 30.9 Å². The molecule has 1 aliphatic heterocycles. The number of likely N-dealkylation sites (N-methyl/N-ethyl adjacent to an activating group) is 1. The van der Waals surface area contributed by atoms with Crippen LogP contribution >= 0.6 is 0 Å². The van der Waals surface area contributed by atoms with Crippen LogP contribution in [0.3, 0.4) is 0 Å². The standard InChI is InChI=1S/C24H28N6O3S/c1-14-6-9-21(15(2)10-14)34(32,33)24-22-25-23(31)19-8-7-18(11-20(19)30(22)27-26-24)29-12-16(3)28(5)17(4)13-29/h6-11,16-17,27H,12-13H2,1-5H3. The minimum atomic E-state index is -3.99. The molecule has 2 atom stereocenters. The summed E-state index contributed by atoms with van der Waals surface area (Å²) in [6.45, 7) is 9.73. The molecule has 2 aromatic heterocycles. The molecule has 2 unspecified atom stereocenters. The number of aryl methyl sites for hydroxylation is 2. The fourth-order valence-electron chi connectivity index (χ4n) is 4.79. The number of fused-ring (bicyclic) bond motifs is 3. The second kappa shape index (κ2) is 7.92. The highest BCUT2D eigenvalue weighted by Gasteiger charge is 2.29. The summed E-state index contributed by atoms with van der Waals surface area (Å²) in [5.41, 5.74) is 2.59. The molecule has 0 aliphatic carbocycles. The first-order valence-electron chi connectivity index (χ1n) is 11.3. The molecule has 178 valence electrons. The summed E-state index contributed by atoms with van der Waals surface area (Å²) in [6, 6.07) is 11.4. The summed E-state index contributed by atoms with van der Waals surface area (Å²) < 4.78 is 28.4. The van der Waals surface area contributed by atoms with Gasteiger partial charge in [0.05, 0.1) is 15.8 Å². The van der Waals surface area contributed by atoms with Gasteiger partial charge in [0.1, 0.15) is 0 Å². The maximum absolute atomic E-state index is 13.5. The van der Waals surface area contributed by atoms with E-state index in [9.17, 15) is 13.2 Å². The average Bonchev–Trinajstić information content (AvgIpc) is 3.21. The highest BCUT2D eigenvalue weighted by molar-refractivity contribution is 7.91. The molecule has 10 heteroatoms. The lowest BCUT2D eigenvalue weighted by Crippen LogP contribution is -2.55. The van der Waals surface area contributed by atoms with E-state index in [0.717, 1.165) is 24.3 Å². The van der Waals surface area contributed by atoms with E-state index in [2.05, 4.69) is 46.0 Å². The van der Waals surface area contributed by atoms with Crippen molar-refractivity contribution in [1.82, 2.24) is 24.7 Å². The van der Waals surface area contributed by atoms with Crippen molar-refractivity contribution in [3.63, 3.8) is 0 Å². The maximum atomic E-state index is 13.5. The van der Waals surface area contributed by atoms with Crippen molar-refractivity contribution in [3.05, 3.63) is 57.9 Å². The Bertz CT molecular complexity index is 1580. The number of rotatable bonds is 3. The van der Waals surface area contributed by atoms with Crippen LogP contribution in [0.15, 0.2) is 51.1 Å². The van der Waals surface area contributed by atoms with E-state index in [1.54, 1.807) is 31.2 Å². The second-order valence-electron chi connectivity index (χ2n) is 9.34. The smallest absolute Gasteiger partial charge is 0.281 e. The number of anilines is 1. The van der Waals surface area contributed by atoms with Crippen LogP contribution in [0.5, 0.6) is 0 Å². The van der Waals surface area contributed by atoms with Crippen molar-refractivity contribution in [1.29, 1.82) is 0 Å². The number of hydrogen-bond acceptors (Lipinski definition) is 7. The third-order valence-electron chi connectivity index (χ3n) is 6.91. The van der Waals surface area contributed by atoms with E-state index in [0.29, 0.717) is 28.6 Å². The van der Waals surface area contributed by atoms with E-state index in [4.69, 9.17) is 0 Å². The number of nitrogens with zero attached hydrogens (tertiary/aromatic N) is 5. The normalized spacial score (nSPS) is 19.9. The van der Waals surface area contributed by atoms with E-state index in [1.165, 1.54) is 4.52 Å². The molecule has 0 spiro atoms. The summed E-state index contributed by atoms with van der Waals surface area (Å²) >= 11 is 0. The van der Waals surface area contributed by atoms with Crippen molar-refractivity contribution < 1.29 is 8.42 Å². The zero-order valence-corrected chi connectivity index (χ0v) is 20.7. The van der Waals surface area contributed by atoms with Crippen LogP contribution in [0.2, 0.25) is 0 Å². The molecule has 4 aromatic rings. The van der Waals surface area contributed by atoms with E-state index in [1.807, 2.05) is 19.1 Å². The van der Waals surface area contributed by atoms with Gasteiger partial charge in [-0.1, -0.05) is 17.7 Å². The monoisotopic (exact) mass is 480 g/mol. The predicted molar refractivity (Wildman–Crippen MR) is 131 cm³/mol. The van der Waals surface area contributed by atoms with Crippen LogP contribution in [-0.4, -0.2) is 65.4 Å². The van der Waals surface area contributed by atoms with Gasteiger partial charge in [-0.05, 0) is 64.6 Å². The molecule has 2 aromatic carbocycles. The Hall–Kier alpha value is -3.24. The molecule has 5 rings (SSSR count). The molecule has 1 fully saturated rings. The first-order valence-corrected chi connectivity index (χ1v) is 12.8. The van der Waals surface area contributed by atoms with Gasteiger partial charge in [0.2, 0.25) is 14.9 Å². The molecular weight excluding hydrogens is 452 g/mol. The molecule has 1 aliphatic rings. The number of piperazine rings is 1. The van der Waals surface area contributed by atoms with Gasteiger partial charge < -0.3 is 4.90 Å². The zero-order valence-electron chi connectivity index (χ0n) is 19.9. The van der Waals surface area contributed by atoms with Crippen molar-refractivity contribution >= 4 is 32.1 Å². The van der Waals surface area contributed by atoms with Gasteiger partial charge in [0.15, 0.2) is 5.65 Å². The van der Waals surface area contributed by atoms with Crippen molar-refractivity contribution in [3.8, 4) is 0 Å². The van der Waals surface area contributed by atoms with Gasteiger partial charge in [-0.25, -0.2) is 18.1 Å². The molecule has 3 heterocycles. The lowest BCUT2D eigenvalue weighted by atomic mass is 10.1. The molecule has 1 N–H and O–H groups in total. The largest absolute Gasteiger partial charge is 0.368 e. The van der Waals surface area contributed by atoms with Crippen LogP contribution in [0.4, 0.5) is 5.69 Å². The lowest BCUT2D eigenvalue weighted by molar-refractivity contribution is 0.170. The topological polar surface area (TPSA) is 104 Å². The van der Waals surface area contributed by atoms with Gasteiger partial charge in [-0.3, -0.25) is 9.69 Å². The van der Waals surface area contributed by atoms with Gasteiger partial charge in [-0.15, -0.1) is 5.10 Å². The average molecular weight is 481 g/mol. The number of aromatic amines is 1. The summed E-state index contributed by atoms with van der Waals surface area (Å²) in [5.74, 6) is 0. The van der Waals surface area contributed by atoms with E-state index < -0.39 is 15.4 Å². The Balaban J connectivity index is 1.67. The lowest BCUT2D eigenvalue weighted by Gasteiger charge is -2.43. The fourth-order valence-corrected chi connectivity index (χ4v) is 6.27. The fraction of sp³-hybridized carbons (Fsp3) is 0.375. The molecular formula is C24H28N6O3S. The molecule has 0 saturated carbocycles. The summed E-state index contributed by atoms with van der Waals surface area (Å²) in [4.78, 5) is 21.8. The van der Waals surface area contributed by atoms with E-state index >= 15 is 0 Å². The Morgan fingerprint density at radius 3 is 2.41 bits per heavy atom. The Morgan fingerprint density at radius 2 is 1.74 bits per heavy atom. The molecule has 0 amide bonds. The van der Waals surface area contributed by atoms with Crippen LogP contribution in [-0.2, 0) is 9.84 Å². The van der Waals surface area contributed by atoms with Gasteiger partial charge in [0.25, 0.3) is 5.56 Å². The molecule has 34 heavy (non-hydrogen) atoms. The molecule has 1 saturated heterocycles. The highest BCUT2D eigenvalue weighted by Crippen LogP contribution is 2.28. The van der Waals surface area contributed by atoms with E-state index in [-0.39, 0.29) is 15.6 Å². The minimum Gasteiger partial charge on any atom is -0.368 e. The Labute approximate surface area is 197 Å². The molecule has 0 radical (unpaired) electrons. The summed E-state index contributed by atoms with van der Waals surface area (Å²) in [7, 11) is -1.86. The van der Waals surface area contributed by atoms with Crippen molar-refractivity contribution in [2.75, 3.05) is 25.0 Å². The Morgan fingerprint density at radius 1 is 1.03 bits per heavy atom. The SMILES string of the molecule is Cc1ccc(S(=O)(=O)c2n[nH]n3c2nc(=O)c2ccc(N4CC(C)N(C)C(C)C4)cc23)c(C)c1. The quantitative estimate of drug-likeness (QED) is 0.481. The van der Waals surface area contributed by atoms with Gasteiger partial charge in [-0.2, -0.15) is 4.98 Å². The predicted octanol–water partition coefficient (Wildman–Crippen LogP) is 2.55. The summed E-state index contributed by atoms with van der Waals surface area (Å²) in [6.07, 6.45) is 0. The maximum Gasteiger partial charge on any atom is 0.281 e. The van der Waals surface area contributed by atoms with Crippen molar-refractivity contribution in [2.45, 2.75) is 49.7 Å². The third kappa shape index (κ3) is 3.48. The Kier molecular flexibility index (Phi) is 5.25. The molecule has 9 nitrogen and oxygen atoms in total. The number of aromatic nitrogens is 4. The van der Waals surface area contributed by atoms with Crippen LogP contribution < -0.4 is 10.5 Å².